The quantitative estimate of drug-likeness (QED) is 0.794. The summed E-state index contributed by atoms with van der Waals surface area (Å²) >= 11 is 3.53. The maximum absolute atomic E-state index is 3.53. The Labute approximate surface area is 123 Å². The van der Waals surface area contributed by atoms with E-state index in [1.54, 1.807) is 0 Å². The van der Waals surface area contributed by atoms with Crippen molar-refractivity contribution in [3.05, 3.63) is 46.4 Å². The molecule has 0 N–H and O–H groups in total. The van der Waals surface area contributed by atoms with Crippen LogP contribution < -0.4 is 0 Å². The average molecular weight is 318 g/mol. The molecule has 0 atom stereocenters. The molecular formula is C17H20BrN. The van der Waals surface area contributed by atoms with Crippen LogP contribution in [0, 0.1) is 0 Å². The van der Waals surface area contributed by atoms with Gasteiger partial charge in [-0.2, -0.15) is 0 Å². The van der Waals surface area contributed by atoms with E-state index < -0.39 is 0 Å². The molecule has 0 aromatic heterocycles. The molecule has 0 bridgehead atoms. The van der Waals surface area contributed by atoms with Gasteiger partial charge in [0.25, 0.3) is 0 Å². The number of benzene rings is 2. The van der Waals surface area contributed by atoms with Gasteiger partial charge in [-0.15, -0.1) is 0 Å². The van der Waals surface area contributed by atoms with Crippen LogP contribution in [0.25, 0.3) is 10.8 Å². The molecule has 1 aliphatic rings. The summed E-state index contributed by atoms with van der Waals surface area (Å²) in [5.74, 6) is 0. The van der Waals surface area contributed by atoms with E-state index in [0.717, 1.165) is 4.47 Å². The van der Waals surface area contributed by atoms with Crippen molar-refractivity contribution in [3.63, 3.8) is 0 Å². The highest BCUT2D eigenvalue weighted by Crippen LogP contribution is 2.21. The van der Waals surface area contributed by atoms with Gasteiger partial charge in [-0.1, -0.05) is 40.2 Å². The highest BCUT2D eigenvalue weighted by molar-refractivity contribution is 9.10. The summed E-state index contributed by atoms with van der Waals surface area (Å²) in [4.78, 5) is 2.60. The zero-order valence-electron chi connectivity index (χ0n) is 11.2. The minimum atomic E-state index is 1.15. The van der Waals surface area contributed by atoms with Crippen LogP contribution in [0.1, 0.15) is 24.8 Å². The predicted octanol–water partition coefficient (Wildman–Crippen LogP) is 4.63. The largest absolute Gasteiger partial charge is 0.303 e. The summed E-state index contributed by atoms with van der Waals surface area (Å²) in [7, 11) is 0. The number of likely N-dealkylation sites (tertiary alicyclic amines) is 1. The molecule has 3 rings (SSSR count). The van der Waals surface area contributed by atoms with Crippen molar-refractivity contribution in [2.45, 2.75) is 25.7 Å². The molecule has 0 unspecified atom stereocenters. The normalized spacial score (nSPS) is 16.3. The van der Waals surface area contributed by atoms with E-state index >= 15 is 0 Å². The molecule has 0 radical (unpaired) electrons. The lowest BCUT2D eigenvalue weighted by Gasteiger charge is -2.14. The first kappa shape index (κ1) is 13.1. The minimum Gasteiger partial charge on any atom is -0.303 e. The number of hydrogen-bond donors (Lipinski definition) is 0. The Morgan fingerprint density at radius 3 is 2.53 bits per heavy atom. The van der Waals surface area contributed by atoms with Crippen molar-refractivity contribution >= 4 is 26.7 Å². The summed E-state index contributed by atoms with van der Waals surface area (Å²) in [6.45, 7) is 3.88. The van der Waals surface area contributed by atoms with Crippen molar-refractivity contribution in [1.82, 2.24) is 4.90 Å². The first-order valence-corrected chi connectivity index (χ1v) is 8.01. The second kappa shape index (κ2) is 6.06. The van der Waals surface area contributed by atoms with Gasteiger partial charge in [-0.3, -0.25) is 0 Å². The zero-order valence-corrected chi connectivity index (χ0v) is 12.8. The fourth-order valence-electron chi connectivity index (χ4n) is 2.93. The Hall–Kier alpha value is -0.860. The van der Waals surface area contributed by atoms with Crippen LogP contribution in [0.5, 0.6) is 0 Å². The molecule has 0 aliphatic carbocycles. The molecule has 2 aromatic carbocycles. The van der Waals surface area contributed by atoms with Crippen LogP contribution in [0.4, 0.5) is 0 Å². The van der Waals surface area contributed by atoms with Gasteiger partial charge in [0.1, 0.15) is 0 Å². The molecule has 1 aliphatic heterocycles. The van der Waals surface area contributed by atoms with Crippen molar-refractivity contribution < 1.29 is 0 Å². The lowest BCUT2D eigenvalue weighted by molar-refractivity contribution is 0.334. The van der Waals surface area contributed by atoms with Crippen molar-refractivity contribution in [3.8, 4) is 0 Å². The van der Waals surface area contributed by atoms with E-state index in [-0.39, 0.29) is 0 Å². The van der Waals surface area contributed by atoms with Crippen LogP contribution in [0.15, 0.2) is 40.9 Å². The third kappa shape index (κ3) is 3.37. The maximum atomic E-state index is 3.53. The molecule has 1 saturated heterocycles. The van der Waals surface area contributed by atoms with Crippen molar-refractivity contribution in [2.75, 3.05) is 19.6 Å². The van der Waals surface area contributed by atoms with E-state index in [0.29, 0.717) is 0 Å². The molecule has 19 heavy (non-hydrogen) atoms. The van der Waals surface area contributed by atoms with Crippen molar-refractivity contribution in [2.24, 2.45) is 0 Å². The minimum absolute atomic E-state index is 1.15. The van der Waals surface area contributed by atoms with Crippen LogP contribution >= 0.6 is 15.9 Å². The first-order chi connectivity index (χ1) is 9.31. The molecule has 0 spiro atoms. The van der Waals surface area contributed by atoms with Crippen LogP contribution in [-0.2, 0) is 6.42 Å². The Morgan fingerprint density at radius 2 is 1.68 bits per heavy atom. The molecule has 100 valence electrons. The van der Waals surface area contributed by atoms with Crippen LogP contribution in [0.2, 0.25) is 0 Å². The SMILES string of the molecule is Brc1ccc2cc(CCCN3CCCC3)ccc2c1. The Balaban J connectivity index is 1.62. The number of rotatable bonds is 4. The van der Waals surface area contributed by atoms with Gasteiger partial charge < -0.3 is 4.90 Å². The summed E-state index contributed by atoms with van der Waals surface area (Å²) in [5, 5.41) is 2.67. The molecule has 1 fully saturated rings. The number of halogens is 1. The van der Waals surface area contributed by atoms with Gasteiger partial charge in [0.15, 0.2) is 0 Å². The standard InChI is InChI=1S/C17H20BrN/c18-17-8-7-15-12-14(5-6-16(15)13-17)4-3-11-19-9-1-2-10-19/h5-8,12-13H,1-4,9-11H2. The molecule has 2 aromatic rings. The number of fused-ring (bicyclic) bond motifs is 1. The zero-order chi connectivity index (χ0) is 13.1. The lowest BCUT2D eigenvalue weighted by atomic mass is 10.0. The van der Waals surface area contributed by atoms with Crippen LogP contribution in [-0.4, -0.2) is 24.5 Å². The van der Waals surface area contributed by atoms with Gasteiger partial charge >= 0.3 is 0 Å². The Morgan fingerprint density at radius 1 is 0.947 bits per heavy atom. The van der Waals surface area contributed by atoms with E-state index in [9.17, 15) is 0 Å². The number of hydrogen-bond acceptors (Lipinski definition) is 1. The van der Waals surface area contributed by atoms with Crippen molar-refractivity contribution in [1.29, 1.82) is 0 Å². The maximum Gasteiger partial charge on any atom is 0.0181 e. The second-order valence-corrected chi connectivity index (χ2v) is 6.39. The van der Waals surface area contributed by atoms with E-state index in [1.165, 1.54) is 61.7 Å². The molecule has 0 saturated carbocycles. The predicted molar refractivity (Wildman–Crippen MR) is 85.6 cm³/mol. The van der Waals surface area contributed by atoms with Gasteiger partial charge in [0, 0.05) is 4.47 Å². The smallest absolute Gasteiger partial charge is 0.0181 e. The van der Waals surface area contributed by atoms with Gasteiger partial charge in [-0.25, -0.2) is 0 Å². The highest BCUT2D eigenvalue weighted by Gasteiger charge is 2.10. The summed E-state index contributed by atoms with van der Waals surface area (Å²) in [6, 6.07) is 13.4. The lowest BCUT2D eigenvalue weighted by Crippen LogP contribution is -2.20. The number of nitrogens with zero attached hydrogens (tertiary/aromatic N) is 1. The van der Waals surface area contributed by atoms with E-state index in [4.69, 9.17) is 0 Å². The summed E-state index contributed by atoms with van der Waals surface area (Å²) in [5.41, 5.74) is 1.47. The van der Waals surface area contributed by atoms with Gasteiger partial charge in [-0.05, 0) is 73.8 Å². The van der Waals surface area contributed by atoms with Gasteiger partial charge in [0.2, 0.25) is 0 Å². The molecule has 0 amide bonds. The monoisotopic (exact) mass is 317 g/mol. The van der Waals surface area contributed by atoms with E-state index in [1.807, 2.05) is 0 Å². The Kier molecular flexibility index (Phi) is 4.19. The molecule has 1 heterocycles. The summed E-state index contributed by atoms with van der Waals surface area (Å²) in [6.07, 6.45) is 5.26. The third-order valence-electron chi connectivity index (χ3n) is 4.01. The fourth-order valence-corrected chi connectivity index (χ4v) is 3.31. The fraction of sp³-hybridized carbons (Fsp3) is 0.412. The Bertz CT molecular complexity index is 558. The number of aryl methyl sites for hydroxylation is 1. The molecular weight excluding hydrogens is 298 g/mol. The van der Waals surface area contributed by atoms with Crippen LogP contribution in [0.3, 0.4) is 0 Å². The first-order valence-electron chi connectivity index (χ1n) is 7.22. The second-order valence-electron chi connectivity index (χ2n) is 5.48. The third-order valence-corrected chi connectivity index (χ3v) is 4.50. The molecule has 2 heteroatoms. The topological polar surface area (TPSA) is 3.24 Å². The van der Waals surface area contributed by atoms with E-state index in [2.05, 4.69) is 57.2 Å². The van der Waals surface area contributed by atoms with Gasteiger partial charge in [0.05, 0.1) is 0 Å². The summed E-state index contributed by atoms with van der Waals surface area (Å²) < 4.78 is 1.15. The highest BCUT2D eigenvalue weighted by atomic mass is 79.9. The molecule has 1 nitrogen and oxygen atoms in total. The average Bonchev–Trinajstić information content (AvgIpc) is 2.92.